The molecule has 0 aromatic heterocycles. The average Bonchev–Trinajstić information content (AvgIpc) is 2.59. The van der Waals surface area contributed by atoms with Crippen LogP contribution < -0.4 is 9.62 Å². The summed E-state index contributed by atoms with van der Waals surface area (Å²) in [7, 11) is -3.58. The van der Waals surface area contributed by atoms with Crippen LogP contribution >= 0.6 is 0 Å². The summed E-state index contributed by atoms with van der Waals surface area (Å²) in [6.07, 6.45) is 1.11. The number of nitrogens with one attached hydrogen (secondary N) is 1. The zero-order chi connectivity index (χ0) is 21.1. The molecule has 0 saturated heterocycles. The summed E-state index contributed by atoms with van der Waals surface area (Å²) >= 11 is 0. The van der Waals surface area contributed by atoms with E-state index >= 15 is 0 Å². The molecular weight excluding hydrogens is 372 g/mol. The van der Waals surface area contributed by atoms with Gasteiger partial charge in [-0.05, 0) is 42.5 Å². The van der Waals surface area contributed by atoms with Gasteiger partial charge in [-0.2, -0.15) is 0 Å². The summed E-state index contributed by atoms with van der Waals surface area (Å²) in [5.41, 5.74) is 3.76. The molecule has 5 nitrogen and oxygen atoms in total. The zero-order valence-electron chi connectivity index (χ0n) is 17.5. The molecule has 1 amide bonds. The van der Waals surface area contributed by atoms with E-state index < -0.39 is 10.0 Å². The van der Waals surface area contributed by atoms with E-state index in [2.05, 4.69) is 38.2 Å². The Kier molecular flexibility index (Phi) is 6.55. The Bertz CT molecular complexity index is 912. The lowest BCUT2D eigenvalue weighted by molar-refractivity contribution is -0.120. The molecule has 0 aliphatic heterocycles. The molecule has 0 bridgehead atoms. The Balaban J connectivity index is 2.11. The topological polar surface area (TPSA) is 66.5 Å². The molecule has 152 valence electrons. The summed E-state index contributed by atoms with van der Waals surface area (Å²) in [4.78, 5) is 12.5. The number of nitrogens with zero attached hydrogens (tertiary/aromatic N) is 1. The molecule has 0 heterocycles. The highest BCUT2D eigenvalue weighted by Crippen LogP contribution is 2.24. The predicted molar refractivity (Wildman–Crippen MR) is 115 cm³/mol. The first kappa shape index (κ1) is 22.0. The van der Waals surface area contributed by atoms with Crippen molar-refractivity contribution in [2.24, 2.45) is 0 Å². The zero-order valence-corrected chi connectivity index (χ0v) is 18.3. The van der Waals surface area contributed by atoms with Gasteiger partial charge in [0.1, 0.15) is 6.54 Å². The van der Waals surface area contributed by atoms with Crippen molar-refractivity contribution in [3.8, 4) is 0 Å². The summed E-state index contributed by atoms with van der Waals surface area (Å²) < 4.78 is 25.5. The average molecular weight is 403 g/mol. The third-order valence-electron chi connectivity index (χ3n) is 4.66. The first-order chi connectivity index (χ1) is 12.9. The van der Waals surface area contributed by atoms with Gasteiger partial charge < -0.3 is 5.32 Å². The van der Waals surface area contributed by atoms with Gasteiger partial charge in [0.15, 0.2) is 0 Å². The van der Waals surface area contributed by atoms with E-state index in [4.69, 9.17) is 0 Å². The van der Waals surface area contributed by atoms with E-state index in [1.807, 2.05) is 38.1 Å². The number of benzene rings is 2. The Morgan fingerprint density at radius 2 is 1.57 bits per heavy atom. The molecule has 6 heteroatoms. The third kappa shape index (κ3) is 5.83. The highest BCUT2D eigenvalue weighted by Gasteiger charge is 2.22. The predicted octanol–water partition coefficient (Wildman–Crippen LogP) is 3.94. The Hall–Kier alpha value is -2.34. The van der Waals surface area contributed by atoms with E-state index in [9.17, 15) is 13.2 Å². The molecule has 28 heavy (non-hydrogen) atoms. The number of amides is 1. The number of aryl methyl sites for hydroxylation is 1. The van der Waals surface area contributed by atoms with E-state index in [0.717, 1.165) is 21.7 Å². The molecule has 2 aromatic carbocycles. The Morgan fingerprint density at radius 3 is 2.04 bits per heavy atom. The van der Waals surface area contributed by atoms with Gasteiger partial charge in [-0.15, -0.1) is 0 Å². The quantitative estimate of drug-likeness (QED) is 0.796. The molecule has 2 aromatic rings. The van der Waals surface area contributed by atoms with Crippen LogP contribution in [0, 0.1) is 6.92 Å². The summed E-state index contributed by atoms with van der Waals surface area (Å²) in [6.45, 7) is 10.0. The number of sulfonamides is 1. The van der Waals surface area contributed by atoms with Crippen molar-refractivity contribution in [1.82, 2.24) is 5.32 Å². The highest BCUT2D eigenvalue weighted by atomic mass is 32.2. The minimum atomic E-state index is -3.58. The lowest BCUT2D eigenvalue weighted by Gasteiger charge is -2.24. The minimum Gasteiger partial charge on any atom is -0.348 e. The van der Waals surface area contributed by atoms with Gasteiger partial charge in [0, 0.05) is 0 Å². The lowest BCUT2D eigenvalue weighted by Crippen LogP contribution is -2.41. The monoisotopic (exact) mass is 402 g/mol. The van der Waals surface area contributed by atoms with Gasteiger partial charge >= 0.3 is 0 Å². The van der Waals surface area contributed by atoms with Crippen molar-refractivity contribution in [1.29, 1.82) is 0 Å². The molecule has 0 spiro atoms. The van der Waals surface area contributed by atoms with Crippen molar-refractivity contribution in [3.05, 3.63) is 65.2 Å². The fraction of sp³-hybridized carbons (Fsp3) is 0.409. The molecule has 0 radical (unpaired) electrons. The van der Waals surface area contributed by atoms with E-state index in [-0.39, 0.29) is 23.9 Å². The second-order valence-corrected chi connectivity index (χ2v) is 10.2. The number of hydrogen-bond donors (Lipinski definition) is 1. The van der Waals surface area contributed by atoms with Crippen molar-refractivity contribution in [3.63, 3.8) is 0 Å². The summed E-state index contributed by atoms with van der Waals surface area (Å²) in [5.74, 6) is -0.349. The lowest BCUT2D eigenvalue weighted by atomic mass is 9.86. The molecule has 0 aliphatic carbocycles. The summed E-state index contributed by atoms with van der Waals surface area (Å²) in [5, 5.41) is 2.89. The largest absolute Gasteiger partial charge is 0.348 e. The van der Waals surface area contributed by atoms with Crippen LogP contribution in [-0.4, -0.2) is 27.1 Å². The second kappa shape index (κ2) is 8.35. The first-order valence-electron chi connectivity index (χ1n) is 9.32. The Morgan fingerprint density at radius 1 is 1.04 bits per heavy atom. The maximum absolute atomic E-state index is 12.5. The van der Waals surface area contributed by atoms with E-state index in [0.29, 0.717) is 5.69 Å². The smallest absolute Gasteiger partial charge is 0.241 e. The van der Waals surface area contributed by atoms with Gasteiger partial charge in [0.25, 0.3) is 0 Å². The van der Waals surface area contributed by atoms with Gasteiger partial charge in [-0.25, -0.2) is 8.42 Å². The third-order valence-corrected chi connectivity index (χ3v) is 5.80. The molecular formula is C22H30N2O3S. The van der Waals surface area contributed by atoms with Gasteiger partial charge in [0.2, 0.25) is 15.9 Å². The van der Waals surface area contributed by atoms with E-state index in [1.54, 1.807) is 12.1 Å². The number of carbonyl (C=O) groups excluding carboxylic acids is 1. The molecule has 1 unspecified atom stereocenters. The van der Waals surface area contributed by atoms with Crippen LogP contribution in [-0.2, 0) is 20.2 Å². The number of anilines is 1. The fourth-order valence-electron chi connectivity index (χ4n) is 2.88. The van der Waals surface area contributed by atoms with Crippen LogP contribution in [0.1, 0.15) is 50.4 Å². The minimum absolute atomic E-state index is 0.0645. The van der Waals surface area contributed by atoms with Gasteiger partial charge in [-0.1, -0.05) is 62.7 Å². The van der Waals surface area contributed by atoms with Crippen LogP contribution in [0.25, 0.3) is 0 Å². The van der Waals surface area contributed by atoms with Crippen molar-refractivity contribution in [2.75, 3.05) is 17.1 Å². The summed E-state index contributed by atoms with van der Waals surface area (Å²) in [6, 6.07) is 15.0. The molecule has 2 rings (SSSR count). The maximum Gasteiger partial charge on any atom is 0.241 e. The van der Waals surface area contributed by atoms with Crippen LogP contribution in [0.3, 0.4) is 0 Å². The van der Waals surface area contributed by atoms with Gasteiger partial charge in [0.05, 0.1) is 18.0 Å². The first-order valence-corrected chi connectivity index (χ1v) is 11.2. The molecule has 0 saturated carbocycles. The highest BCUT2D eigenvalue weighted by molar-refractivity contribution is 7.92. The number of carbonyl (C=O) groups is 1. The molecule has 1 atom stereocenters. The molecule has 0 aliphatic rings. The van der Waals surface area contributed by atoms with Gasteiger partial charge in [-0.3, -0.25) is 9.10 Å². The molecule has 0 fully saturated rings. The van der Waals surface area contributed by atoms with Crippen LogP contribution in [0.15, 0.2) is 48.5 Å². The molecule has 1 N–H and O–H groups in total. The standard InChI is InChI=1S/C22H30N2O3S/c1-16-7-13-20(14-8-16)24(28(6,26)27)15-21(25)23-17(2)18-9-11-19(12-10-18)22(3,4)5/h7-14,17H,15H2,1-6H3,(H,23,25). The van der Waals surface area contributed by atoms with Crippen LogP contribution in [0.4, 0.5) is 5.69 Å². The SMILES string of the molecule is Cc1ccc(N(CC(=O)NC(C)c2ccc(C(C)(C)C)cc2)S(C)(=O)=O)cc1. The van der Waals surface area contributed by atoms with Crippen LogP contribution in [0.5, 0.6) is 0 Å². The normalized spacial score (nSPS) is 13.1. The second-order valence-electron chi connectivity index (χ2n) is 8.27. The Labute approximate surface area is 168 Å². The van der Waals surface area contributed by atoms with E-state index in [1.165, 1.54) is 5.56 Å². The number of hydrogen-bond acceptors (Lipinski definition) is 3. The number of rotatable bonds is 6. The van der Waals surface area contributed by atoms with Crippen molar-refractivity contribution >= 4 is 21.6 Å². The van der Waals surface area contributed by atoms with Crippen LogP contribution in [0.2, 0.25) is 0 Å². The van der Waals surface area contributed by atoms with Crippen molar-refractivity contribution < 1.29 is 13.2 Å². The fourth-order valence-corrected chi connectivity index (χ4v) is 3.74. The maximum atomic E-state index is 12.5. The van der Waals surface area contributed by atoms with Crippen molar-refractivity contribution in [2.45, 2.75) is 46.1 Å².